The highest BCUT2D eigenvalue weighted by Crippen LogP contribution is 2.39. The maximum absolute atomic E-state index is 13.0. The zero-order chi connectivity index (χ0) is 34.6. The summed E-state index contributed by atoms with van der Waals surface area (Å²) in [5.74, 6) is -1.50. The molecule has 1 aromatic rings. The van der Waals surface area contributed by atoms with E-state index in [0.717, 1.165) is 11.6 Å². The number of carbonyl (C=O) groups excluding carboxylic acids is 2. The summed E-state index contributed by atoms with van der Waals surface area (Å²) in [6.45, 7) is 16.3. The highest BCUT2D eigenvalue weighted by Gasteiger charge is 2.55. The average Bonchev–Trinajstić information content (AvgIpc) is 2.93. The van der Waals surface area contributed by atoms with Gasteiger partial charge in [-0.05, 0) is 38.9 Å². The standard InChI is InChI=1S/C31H49IO12SSi/c1-18(2)29(34)44-28-20(4)40-30(27(32)31(28,6)35)43-23-16-25(38-14-15-46(7,8)9)42-24(26(23)41-21(5)33)17-39-45(36,37)22-12-10-19(3)11-13-22/h10-13,18,20,23-28,30,35H,14-17H2,1-9H3/t20-,23+,24+,25-,26-,27-,28-,30-,31-/m0/s1. The van der Waals surface area contributed by atoms with Gasteiger partial charge in [-0.1, -0.05) is 73.8 Å². The molecule has 2 aliphatic heterocycles. The van der Waals surface area contributed by atoms with Crippen molar-refractivity contribution in [2.24, 2.45) is 5.92 Å². The second-order valence-corrected chi connectivity index (χ2v) is 22.2. The number of hydrogen-bond acceptors (Lipinski definition) is 12. The maximum Gasteiger partial charge on any atom is 0.308 e. The SMILES string of the molecule is CC(=O)O[C@@H]1[C@@H](COS(=O)(=O)c2ccc(C)cc2)O[C@H](OCC[Si](C)(C)C)C[C@H]1O[C@@H]1O[C@@H](C)[C@H](OC(=O)C(C)C)[C@@](C)(O)[C@H]1I. The number of aliphatic hydroxyl groups is 1. The molecule has 0 spiro atoms. The number of benzene rings is 1. The third kappa shape index (κ3) is 10.7. The van der Waals surface area contributed by atoms with E-state index in [2.05, 4.69) is 19.6 Å². The van der Waals surface area contributed by atoms with Crippen LogP contribution in [0, 0.1) is 12.8 Å². The van der Waals surface area contributed by atoms with Crippen molar-refractivity contribution in [2.45, 2.75) is 131 Å². The van der Waals surface area contributed by atoms with Crippen LogP contribution >= 0.6 is 22.6 Å². The molecule has 0 unspecified atom stereocenters. The Labute approximate surface area is 287 Å². The van der Waals surface area contributed by atoms with E-state index in [1.807, 2.05) is 29.5 Å². The minimum atomic E-state index is -4.18. The van der Waals surface area contributed by atoms with Crippen LogP contribution < -0.4 is 0 Å². The largest absolute Gasteiger partial charge is 0.457 e. The molecular formula is C31H49IO12SSi. The molecule has 0 saturated carbocycles. The third-order valence-corrected chi connectivity index (χ3v) is 12.7. The molecule has 0 aliphatic carbocycles. The summed E-state index contributed by atoms with van der Waals surface area (Å²) in [5.41, 5.74) is -0.660. The lowest BCUT2D eigenvalue weighted by molar-refractivity contribution is -0.317. The topological polar surface area (TPSA) is 153 Å². The van der Waals surface area contributed by atoms with Crippen LogP contribution in [-0.2, 0) is 52.3 Å². The summed E-state index contributed by atoms with van der Waals surface area (Å²) in [5, 5.41) is 11.5. The van der Waals surface area contributed by atoms with E-state index < -0.39 is 95.3 Å². The van der Waals surface area contributed by atoms with E-state index in [1.165, 1.54) is 19.1 Å². The molecule has 2 heterocycles. The fourth-order valence-corrected chi connectivity index (χ4v) is 7.39. The Balaban J connectivity index is 1.87. The normalized spacial score (nSPS) is 32.3. The minimum absolute atomic E-state index is 0.0269. The first kappa shape index (κ1) is 39.3. The van der Waals surface area contributed by atoms with Crippen molar-refractivity contribution in [3.8, 4) is 0 Å². The van der Waals surface area contributed by atoms with Crippen molar-refractivity contribution in [1.82, 2.24) is 0 Å². The molecule has 2 fully saturated rings. The van der Waals surface area contributed by atoms with Crippen LogP contribution in [0.5, 0.6) is 0 Å². The van der Waals surface area contributed by atoms with Crippen molar-refractivity contribution in [3.63, 3.8) is 0 Å². The molecule has 2 saturated heterocycles. The van der Waals surface area contributed by atoms with Crippen molar-refractivity contribution in [1.29, 1.82) is 0 Å². The van der Waals surface area contributed by atoms with Gasteiger partial charge >= 0.3 is 11.9 Å². The summed E-state index contributed by atoms with van der Waals surface area (Å²) < 4.78 is 66.9. The molecule has 46 heavy (non-hydrogen) atoms. The van der Waals surface area contributed by atoms with Gasteiger partial charge in [0.2, 0.25) is 0 Å². The summed E-state index contributed by atoms with van der Waals surface area (Å²) in [6.07, 6.45) is -6.54. The molecule has 1 aromatic carbocycles. The predicted octanol–water partition coefficient (Wildman–Crippen LogP) is 4.35. The van der Waals surface area contributed by atoms with E-state index in [4.69, 9.17) is 32.6 Å². The Morgan fingerprint density at radius 2 is 1.76 bits per heavy atom. The van der Waals surface area contributed by atoms with Gasteiger partial charge in [0.25, 0.3) is 10.1 Å². The van der Waals surface area contributed by atoms with Crippen molar-refractivity contribution < 1.29 is 55.7 Å². The van der Waals surface area contributed by atoms with Gasteiger partial charge in [0.05, 0.1) is 27.4 Å². The molecule has 0 radical (unpaired) electrons. The summed E-state index contributed by atoms with van der Waals surface area (Å²) in [6, 6.07) is 7.08. The number of ether oxygens (including phenoxy) is 6. The van der Waals surface area contributed by atoms with Crippen LogP contribution in [0.3, 0.4) is 0 Å². The summed E-state index contributed by atoms with van der Waals surface area (Å²) in [4.78, 5) is 24.7. The van der Waals surface area contributed by atoms with Gasteiger partial charge in [-0.3, -0.25) is 13.8 Å². The van der Waals surface area contributed by atoms with Crippen LogP contribution in [-0.4, -0.2) is 99.4 Å². The maximum atomic E-state index is 13.0. The molecule has 0 amide bonds. The monoisotopic (exact) mass is 800 g/mol. The number of halogens is 1. The van der Waals surface area contributed by atoms with Gasteiger partial charge in [0.1, 0.15) is 17.8 Å². The van der Waals surface area contributed by atoms with Gasteiger partial charge in [0, 0.05) is 28.0 Å². The first-order valence-electron chi connectivity index (χ1n) is 15.5. The molecule has 0 aromatic heterocycles. The summed E-state index contributed by atoms with van der Waals surface area (Å²) in [7, 11) is -5.63. The van der Waals surface area contributed by atoms with Crippen LogP contribution in [0.1, 0.15) is 46.6 Å². The molecule has 1 N–H and O–H groups in total. The van der Waals surface area contributed by atoms with Crippen LogP contribution in [0.25, 0.3) is 0 Å². The molecule has 9 atom stereocenters. The van der Waals surface area contributed by atoms with Gasteiger partial charge < -0.3 is 33.5 Å². The number of rotatable bonds is 13. The number of hydrogen-bond donors (Lipinski definition) is 1. The smallest absolute Gasteiger partial charge is 0.308 e. The third-order valence-electron chi connectivity index (χ3n) is 7.81. The zero-order valence-electron chi connectivity index (χ0n) is 28.1. The predicted molar refractivity (Wildman–Crippen MR) is 180 cm³/mol. The van der Waals surface area contributed by atoms with Crippen LogP contribution in [0.15, 0.2) is 29.2 Å². The Morgan fingerprint density at radius 1 is 1.13 bits per heavy atom. The molecule has 0 bridgehead atoms. The first-order chi connectivity index (χ1) is 21.2. The van der Waals surface area contributed by atoms with Crippen LogP contribution in [0.2, 0.25) is 25.7 Å². The second-order valence-electron chi connectivity index (χ2n) is 13.7. The van der Waals surface area contributed by atoms with E-state index >= 15 is 0 Å². The molecule has 262 valence electrons. The van der Waals surface area contributed by atoms with Gasteiger partial charge in [-0.2, -0.15) is 8.42 Å². The van der Waals surface area contributed by atoms with E-state index in [9.17, 15) is 23.1 Å². The van der Waals surface area contributed by atoms with Gasteiger partial charge in [0.15, 0.2) is 24.8 Å². The Morgan fingerprint density at radius 3 is 2.33 bits per heavy atom. The Hall–Kier alpha value is -1.18. The fourth-order valence-electron chi connectivity index (χ4n) is 5.04. The lowest BCUT2D eigenvalue weighted by Crippen LogP contribution is -2.65. The van der Waals surface area contributed by atoms with Gasteiger partial charge in [-0.25, -0.2) is 0 Å². The highest BCUT2D eigenvalue weighted by atomic mass is 127. The Bertz CT molecular complexity index is 1280. The van der Waals surface area contributed by atoms with E-state index in [-0.39, 0.29) is 11.3 Å². The fraction of sp³-hybridized carbons (Fsp3) is 0.742. The first-order valence-corrected chi connectivity index (χ1v) is 21.9. The number of carbonyl (C=O) groups is 2. The lowest BCUT2D eigenvalue weighted by Gasteiger charge is -2.49. The summed E-state index contributed by atoms with van der Waals surface area (Å²) >= 11 is 2.00. The molecule has 12 nitrogen and oxygen atoms in total. The van der Waals surface area contributed by atoms with E-state index in [1.54, 1.807) is 39.8 Å². The zero-order valence-corrected chi connectivity index (χ0v) is 32.0. The van der Waals surface area contributed by atoms with Gasteiger partial charge in [-0.15, -0.1) is 0 Å². The number of alkyl halides is 1. The molecule has 2 aliphatic rings. The van der Waals surface area contributed by atoms with Crippen molar-refractivity contribution in [2.75, 3.05) is 13.2 Å². The minimum Gasteiger partial charge on any atom is -0.457 e. The van der Waals surface area contributed by atoms with Crippen molar-refractivity contribution in [3.05, 3.63) is 29.8 Å². The lowest BCUT2D eigenvalue weighted by atomic mass is 9.88. The number of aryl methyl sites for hydroxylation is 1. The number of esters is 2. The molecular weight excluding hydrogens is 751 g/mol. The molecule has 15 heteroatoms. The second kappa shape index (κ2) is 16.0. The van der Waals surface area contributed by atoms with Crippen molar-refractivity contribution >= 4 is 52.7 Å². The van der Waals surface area contributed by atoms with E-state index in [0.29, 0.717) is 6.61 Å². The Kier molecular flexibility index (Phi) is 13.7. The average molecular weight is 801 g/mol. The quantitative estimate of drug-likeness (QED) is 0.0993. The van der Waals surface area contributed by atoms with Crippen LogP contribution in [0.4, 0.5) is 0 Å². The highest BCUT2D eigenvalue weighted by molar-refractivity contribution is 14.1. The molecule has 3 rings (SSSR count).